The average molecular weight is 273 g/mol. The van der Waals surface area contributed by atoms with E-state index in [2.05, 4.69) is 10.6 Å². The lowest BCUT2D eigenvalue weighted by Gasteiger charge is -2.15. The predicted octanol–water partition coefficient (Wildman–Crippen LogP) is 1.86. The third kappa shape index (κ3) is 2.98. The Labute approximate surface area is 108 Å². The zero-order valence-electron chi connectivity index (χ0n) is 9.33. The molecule has 6 heteroatoms. The molecule has 0 aliphatic carbocycles. The molecular weight excluding hydrogens is 260 g/mol. The maximum atomic E-state index is 11.8. The lowest BCUT2D eigenvalue weighted by Crippen LogP contribution is -2.42. The second kappa shape index (κ2) is 5.06. The highest BCUT2D eigenvalue weighted by molar-refractivity contribution is 7.16. The molecule has 2 N–H and O–H groups in total. The van der Waals surface area contributed by atoms with Gasteiger partial charge in [0.25, 0.3) is 0 Å². The van der Waals surface area contributed by atoms with Gasteiger partial charge in [0.1, 0.15) is 6.04 Å². The fraction of sp³-hybridized carbons (Fsp3) is 0.455. The van der Waals surface area contributed by atoms with Gasteiger partial charge in [0, 0.05) is 11.3 Å². The normalized spacial score (nSPS) is 21.1. The molecule has 0 aromatic carbocycles. The molecule has 2 unspecified atom stereocenters. The maximum Gasteiger partial charge on any atom is 0.243 e. The van der Waals surface area contributed by atoms with Crippen molar-refractivity contribution >= 4 is 34.8 Å². The van der Waals surface area contributed by atoms with Crippen LogP contribution >= 0.6 is 22.9 Å². The zero-order chi connectivity index (χ0) is 12.4. The van der Waals surface area contributed by atoms with Gasteiger partial charge in [-0.3, -0.25) is 9.59 Å². The van der Waals surface area contributed by atoms with Gasteiger partial charge < -0.3 is 10.6 Å². The van der Waals surface area contributed by atoms with Crippen LogP contribution in [0.15, 0.2) is 12.1 Å². The molecule has 0 radical (unpaired) electrons. The van der Waals surface area contributed by atoms with Crippen LogP contribution in [0.1, 0.15) is 30.7 Å². The number of thiophene rings is 1. The van der Waals surface area contributed by atoms with Gasteiger partial charge in [-0.1, -0.05) is 11.6 Å². The molecular formula is C11H13ClN2O2S. The Hall–Kier alpha value is -1.07. The average Bonchev–Trinajstić information content (AvgIpc) is 2.87. The first-order valence-electron chi connectivity index (χ1n) is 5.41. The van der Waals surface area contributed by atoms with Crippen LogP contribution in [-0.2, 0) is 9.59 Å². The standard InChI is InChI=1S/C11H13ClN2O2S/c1-6(8-3-4-9(12)17-8)13-11(16)7-2-5-10(15)14-7/h3-4,6-7H,2,5H2,1H3,(H,13,16)(H,14,15). The molecule has 1 aromatic heterocycles. The number of hydrogen-bond donors (Lipinski definition) is 2. The van der Waals surface area contributed by atoms with E-state index in [0.29, 0.717) is 17.2 Å². The molecule has 0 spiro atoms. The van der Waals surface area contributed by atoms with E-state index in [4.69, 9.17) is 11.6 Å². The van der Waals surface area contributed by atoms with E-state index in [-0.39, 0.29) is 23.9 Å². The largest absolute Gasteiger partial charge is 0.347 e. The Kier molecular flexibility index (Phi) is 3.69. The monoisotopic (exact) mass is 272 g/mol. The Balaban J connectivity index is 1.92. The fourth-order valence-corrected chi connectivity index (χ4v) is 2.82. The van der Waals surface area contributed by atoms with E-state index in [1.165, 1.54) is 11.3 Å². The number of carbonyl (C=O) groups excluding carboxylic acids is 2. The molecule has 1 aromatic rings. The first-order chi connectivity index (χ1) is 8.06. The highest BCUT2D eigenvalue weighted by Gasteiger charge is 2.28. The van der Waals surface area contributed by atoms with Gasteiger partial charge in [-0.05, 0) is 25.5 Å². The molecule has 2 amide bonds. The second-order valence-electron chi connectivity index (χ2n) is 4.03. The van der Waals surface area contributed by atoms with Gasteiger partial charge in [-0.25, -0.2) is 0 Å². The third-order valence-electron chi connectivity index (χ3n) is 2.69. The van der Waals surface area contributed by atoms with Crippen molar-refractivity contribution in [2.45, 2.75) is 31.8 Å². The van der Waals surface area contributed by atoms with Gasteiger partial charge in [0.15, 0.2) is 0 Å². The predicted molar refractivity (Wildman–Crippen MR) is 67.1 cm³/mol. The number of nitrogens with one attached hydrogen (secondary N) is 2. The number of carbonyl (C=O) groups is 2. The number of amides is 2. The van der Waals surface area contributed by atoms with Crippen LogP contribution in [0.3, 0.4) is 0 Å². The Bertz CT molecular complexity index is 446. The number of halogens is 1. The van der Waals surface area contributed by atoms with Gasteiger partial charge in [0.05, 0.1) is 10.4 Å². The Morgan fingerprint density at radius 1 is 1.65 bits per heavy atom. The van der Waals surface area contributed by atoms with E-state index < -0.39 is 0 Å². The van der Waals surface area contributed by atoms with Crippen molar-refractivity contribution in [1.82, 2.24) is 10.6 Å². The fourth-order valence-electron chi connectivity index (χ4n) is 1.76. The minimum Gasteiger partial charge on any atom is -0.347 e. The van der Waals surface area contributed by atoms with Crippen LogP contribution in [-0.4, -0.2) is 17.9 Å². The van der Waals surface area contributed by atoms with Gasteiger partial charge in [0.2, 0.25) is 11.8 Å². The van der Waals surface area contributed by atoms with Crippen LogP contribution in [0, 0.1) is 0 Å². The van der Waals surface area contributed by atoms with E-state index >= 15 is 0 Å². The van der Waals surface area contributed by atoms with Crippen molar-refractivity contribution < 1.29 is 9.59 Å². The molecule has 4 nitrogen and oxygen atoms in total. The van der Waals surface area contributed by atoms with E-state index in [1.54, 1.807) is 0 Å². The summed E-state index contributed by atoms with van der Waals surface area (Å²) in [6.07, 6.45) is 1.000. The summed E-state index contributed by atoms with van der Waals surface area (Å²) in [6, 6.07) is 3.23. The Morgan fingerprint density at radius 2 is 2.41 bits per heavy atom. The lowest BCUT2D eigenvalue weighted by atomic mass is 10.2. The molecule has 1 aliphatic rings. The zero-order valence-corrected chi connectivity index (χ0v) is 10.9. The summed E-state index contributed by atoms with van der Waals surface area (Å²) < 4.78 is 0.704. The SMILES string of the molecule is CC(NC(=O)C1CCC(=O)N1)c1ccc(Cl)s1. The third-order valence-corrected chi connectivity index (χ3v) is 4.11. The molecule has 2 atom stereocenters. The number of rotatable bonds is 3. The molecule has 1 fully saturated rings. The first kappa shape index (κ1) is 12.4. The van der Waals surface area contributed by atoms with Crippen LogP contribution in [0.2, 0.25) is 4.34 Å². The summed E-state index contributed by atoms with van der Waals surface area (Å²) >= 11 is 7.28. The molecule has 1 aliphatic heterocycles. The summed E-state index contributed by atoms with van der Waals surface area (Å²) in [5, 5.41) is 5.51. The lowest BCUT2D eigenvalue weighted by molar-refractivity contribution is -0.126. The van der Waals surface area contributed by atoms with Crippen molar-refractivity contribution in [3.8, 4) is 0 Å². The highest BCUT2D eigenvalue weighted by atomic mass is 35.5. The molecule has 0 saturated carbocycles. The van der Waals surface area contributed by atoms with E-state index in [9.17, 15) is 9.59 Å². The number of hydrogen-bond acceptors (Lipinski definition) is 3. The van der Waals surface area contributed by atoms with Crippen LogP contribution < -0.4 is 10.6 Å². The highest BCUT2D eigenvalue weighted by Crippen LogP contribution is 2.26. The van der Waals surface area contributed by atoms with Crippen molar-refractivity contribution in [1.29, 1.82) is 0 Å². The van der Waals surface area contributed by atoms with Crippen LogP contribution in [0.25, 0.3) is 0 Å². The molecule has 2 rings (SSSR count). The summed E-state index contributed by atoms with van der Waals surface area (Å²) in [6.45, 7) is 1.90. The summed E-state index contributed by atoms with van der Waals surface area (Å²) in [7, 11) is 0. The van der Waals surface area contributed by atoms with E-state index in [0.717, 1.165) is 4.88 Å². The molecule has 92 valence electrons. The van der Waals surface area contributed by atoms with Crippen molar-refractivity contribution in [2.75, 3.05) is 0 Å². The van der Waals surface area contributed by atoms with Crippen molar-refractivity contribution in [3.05, 3.63) is 21.3 Å². The minimum atomic E-state index is -0.389. The Morgan fingerprint density at radius 3 is 2.94 bits per heavy atom. The van der Waals surface area contributed by atoms with Gasteiger partial charge in [-0.15, -0.1) is 11.3 Å². The summed E-state index contributed by atoms with van der Waals surface area (Å²) in [5.74, 6) is -0.190. The topological polar surface area (TPSA) is 58.2 Å². The maximum absolute atomic E-state index is 11.8. The molecule has 2 heterocycles. The van der Waals surface area contributed by atoms with Crippen LogP contribution in [0.5, 0.6) is 0 Å². The van der Waals surface area contributed by atoms with Crippen LogP contribution in [0.4, 0.5) is 0 Å². The van der Waals surface area contributed by atoms with Crippen molar-refractivity contribution in [3.63, 3.8) is 0 Å². The molecule has 17 heavy (non-hydrogen) atoms. The summed E-state index contributed by atoms with van der Waals surface area (Å²) in [4.78, 5) is 23.8. The molecule has 0 bridgehead atoms. The minimum absolute atomic E-state index is 0.0584. The summed E-state index contributed by atoms with van der Waals surface area (Å²) in [5.41, 5.74) is 0. The van der Waals surface area contributed by atoms with E-state index in [1.807, 2.05) is 19.1 Å². The van der Waals surface area contributed by atoms with Gasteiger partial charge >= 0.3 is 0 Å². The molecule has 1 saturated heterocycles. The first-order valence-corrected chi connectivity index (χ1v) is 6.60. The smallest absolute Gasteiger partial charge is 0.243 e. The quantitative estimate of drug-likeness (QED) is 0.882. The second-order valence-corrected chi connectivity index (χ2v) is 5.78. The van der Waals surface area contributed by atoms with Gasteiger partial charge in [-0.2, -0.15) is 0 Å². The van der Waals surface area contributed by atoms with Crippen molar-refractivity contribution in [2.24, 2.45) is 0 Å².